The van der Waals surface area contributed by atoms with Gasteiger partial charge in [-0.1, -0.05) is 42.8 Å². The summed E-state index contributed by atoms with van der Waals surface area (Å²) in [4.78, 5) is 48.9. The molecule has 0 radical (unpaired) electrons. The summed E-state index contributed by atoms with van der Waals surface area (Å²) in [6.45, 7) is 5.38. The third-order valence-corrected chi connectivity index (χ3v) is 9.92. The van der Waals surface area contributed by atoms with Crippen molar-refractivity contribution in [2.75, 3.05) is 12.4 Å². The maximum atomic E-state index is 13.9. The first-order valence-corrected chi connectivity index (χ1v) is 18.3. The second-order valence-corrected chi connectivity index (χ2v) is 14.3. The van der Waals surface area contributed by atoms with Crippen LogP contribution in [0.25, 0.3) is 16.6 Å². The topological polar surface area (TPSA) is 187 Å². The number of para-hydroxylation sites is 1. The molecule has 3 aromatic heterocycles. The van der Waals surface area contributed by atoms with Gasteiger partial charge in [-0.15, -0.1) is 0 Å². The van der Waals surface area contributed by atoms with Crippen molar-refractivity contribution < 1.29 is 31.7 Å². The summed E-state index contributed by atoms with van der Waals surface area (Å²) in [5, 5.41) is 3.48. The lowest BCUT2D eigenvalue weighted by molar-refractivity contribution is -0.135. The van der Waals surface area contributed by atoms with E-state index >= 15 is 0 Å². The van der Waals surface area contributed by atoms with E-state index in [1.54, 1.807) is 105 Å². The minimum atomic E-state index is -4.37. The first-order valence-electron chi connectivity index (χ1n) is 16.9. The maximum Gasteiger partial charge on any atom is 0.341 e. The number of carbonyl (C=O) groups is 2. The summed E-state index contributed by atoms with van der Waals surface area (Å²) in [5.74, 6) is -0.336. The van der Waals surface area contributed by atoms with E-state index in [0.717, 1.165) is 10.9 Å². The molecule has 2 atom stereocenters. The molecule has 0 aliphatic heterocycles. The van der Waals surface area contributed by atoms with Crippen LogP contribution in [0.3, 0.4) is 0 Å². The van der Waals surface area contributed by atoms with E-state index in [-0.39, 0.29) is 35.2 Å². The molecule has 1 unspecified atom stereocenters. The Morgan fingerprint density at radius 1 is 0.926 bits per heavy atom. The van der Waals surface area contributed by atoms with Gasteiger partial charge < -0.3 is 24.7 Å². The van der Waals surface area contributed by atoms with Gasteiger partial charge in [0.05, 0.1) is 30.2 Å². The van der Waals surface area contributed by atoms with Crippen LogP contribution in [0.2, 0.25) is 0 Å². The largest absolute Gasteiger partial charge is 0.497 e. The number of pyridine rings is 2. The number of fused-ring (bicyclic) bond motifs is 1. The molecule has 0 saturated heterocycles. The van der Waals surface area contributed by atoms with Crippen LogP contribution in [0.15, 0.2) is 113 Å². The Bertz CT molecular complexity index is 2480. The molecule has 0 spiro atoms. The van der Waals surface area contributed by atoms with Gasteiger partial charge in [-0.3, -0.25) is 19.3 Å². The molecule has 0 fully saturated rings. The van der Waals surface area contributed by atoms with Crippen molar-refractivity contribution in [3.05, 3.63) is 131 Å². The molecule has 3 N–H and O–H groups in total. The van der Waals surface area contributed by atoms with E-state index in [4.69, 9.17) is 19.4 Å². The molecule has 0 saturated carbocycles. The molecule has 1 amide bonds. The highest BCUT2D eigenvalue weighted by Gasteiger charge is 2.29. The summed E-state index contributed by atoms with van der Waals surface area (Å²) in [5.41, 5.74) is 7.83. The summed E-state index contributed by atoms with van der Waals surface area (Å²) in [7, 11) is -2.79. The number of methoxy groups -OCH3 is 1. The molecule has 6 rings (SSSR count). The first kappa shape index (κ1) is 37.4. The van der Waals surface area contributed by atoms with Crippen LogP contribution >= 0.6 is 0 Å². The Kier molecular flexibility index (Phi) is 10.9. The number of anilines is 1. The lowest BCUT2D eigenvalue weighted by atomic mass is 10.0. The molecular weight excluding hydrogens is 713 g/mol. The minimum absolute atomic E-state index is 0.0200. The van der Waals surface area contributed by atoms with Crippen molar-refractivity contribution in [1.29, 1.82) is 0 Å². The fraction of sp³-hybridized carbons (Fsp3) is 0.205. The number of hydrogen-bond donors (Lipinski definition) is 2. The summed E-state index contributed by atoms with van der Waals surface area (Å²) in [6.07, 6.45) is 3.10. The molecule has 6 aromatic rings. The predicted octanol–water partition coefficient (Wildman–Crippen LogP) is 5.54. The zero-order valence-electron chi connectivity index (χ0n) is 29.9. The second kappa shape index (κ2) is 15.7. The number of nitrogens with zero attached hydrogens (tertiary/aromatic N) is 4. The molecular formula is C39H38N6O8S. The Hall–Kier alpha value is -6.32. The Labute approximate surface area is 311 Å². The highest BCUT2D eigenvalue weighted by atomic mass is 32.2. The van der Waals surface area contributed by atoms with Gasteiger partial charge in [-0.2, -0.15) is 8.42 Å². The zero-order valence-corrected chi connectivity index (χ0v) is 30.7. The molecule has 0 aliphatic rings. The lowest BCUT2D eigenvalue weighted by Gasteiger charge is -2.20. The maximum absolute atomic E-state index is 13.9. The fourth-order valence-corrected chi connectivity index (χ4v) is 6.82. The van der Waals surface area contributed by atoms with Crippen LogP contribution in [0.4, 0.5) is 5.82 Å². The summed E-state index contributed by atoms with van der Waals surface area (Å²) < 4.78 is 44.5. The summed E-state index contributed by atoms with van der Waals surface area (Å²) in [6, 6.07) is 23.8. The highest BCUT2D eigenvalue weighted by Crippen LogP contribution is 2.31. The number of carbonyl (C=O) groups excluding carboxylic acids is 2. The SMILES string of the molecule is COc1ccc2c(Oc3ccc(NC(=O)c4c(C)n(C[C@@H](C)CC(N)C(=O)OS(=O)(=O)c5ccc(C)cc5)n(-c5ccccc5)c4=O)nc3)ccnc2c1. The number of ether oxygens (including phenoxy) is 2. The van der Waals surface area contributed by atoms with Gasteiger partial charge in [0.15, 0.2) is 0 Å². The van der Waals surface area contributed by atoms with E-state index in [0.29, 0.717) is 34.1 Å². The second-order valence-electron chi connectivity index (χ2n) is 12.7. The number of aromatic nitrogens is 4. The number of benzene rings is 3. The first-order chi connectivity index (χ1) is 25.8. The molecule has 0 aliphatic carbocycles. The van der Waals surface area contributed by atoms with Gasteiger partial charge in [0.2, 0.25) is 0 Å². The number of rotatable bonds is 13. The third-order valence-electron chi connectivity index (χ3n) is 8.69. The third kappa shape index (κ3) is 8.17. The van der Waals surface area contributed by atoms with Crippen molar-refractivity contribution in [2.24, 2.45) is 11.7 Å². The lowest BCUT2D eigenvalue weighted by Crippen LogP contribution is -2.36. The average Bonchev–Trinajstić information content (AvgIpc) is 3.40. The quantitative estimate of drug-likeness (QED) is 0.141. The van der Waals surface area contributed by atoms with Gasteiger partial charge in [-0.25, -0.2) is 14.5 Å². The fourth-order valence-electron chi connectivity index (χ4n) is 5.92. The van der Waals surface area contributed by atoms with E-state index in [2.05, 4.69) is 15.3 Å². The molecule has 0 bridgehead atoms. The van der Waals surface area contributed by atoms with Crippen LogP contribution < -0.4 is 26.1 Å². The van der Waals surface area contributed by atoms with Gasteiger partial charge >= 0.3 is 16.1 Å². The van der Waals surface area contributed by atoms with Crippen molar-refractivity contribution in [2.45, 2.75) is 44.7 Å². The van der Waals surface area contributed by atoms with Crippen LogP contribution in [-0.2, 0) is 25.6 Å². The van der Waals surface area contributed by atoms with Gasteiger partial charge in [-0.05, 0) is 80.8 Å². The zero-order chi connectivity index (χ0) is 38.6. The Balaban J connectivity index is 1.18. The smallest absolute Gasteiger partial charge is 0.341 e. The standard InChI is InChI=1S/C39H38N6O8S/c1-24-10-14-30(15-11-24)54(49,50)53-39(48)32(40)20-25(2)23-44-26(3)36(38(47)45(44)27-8-6-5-7-9-27)37(46)43-35-17-13-29(22-42-35)52-34-18-19-41-33-21-28(51-4)12-16-31(33)34/h5-19,21-22,25,32H,20,23,40H2,1-4H3,(H,42,43,46)/t25-,32?/m0/s1. The molecule has 3 heterocycles. The molecule has 15 heteroatoms. The van der Waals surface area contributed by atoms with E-state index in [1.165, 1.54) is 23.0 Å². The monoisotopic (exact) mass is 750 g/mol. The van der Waals surface area contributed by atoms with Crippen molar-refractivity contribution >= 4 is 38.7 Å². The molecule has 278 valence electrons. The molecule has 54 heavy (non-hydrogen) atoms. The van der Waals surface area contributed by atoms with E-state index in [9.17, 15) is 22.8 Å². The number of nitrogens with one attached hydrogen (secondary N) is 1. The number of aryl methyl sites for hydroxylation is 1. The van der Waals surface area contributed by atoms with Crippen molar-refractivity contribution in [3.8, 4) is 22.9 Å². The minimum Gasteiger partial charge on any atom is -0.497 e. The molecule has 14 nitrogen and oxygen atoms in total. The highest BCUT2D eigenvalue weighted by molar-refractivity contribution is 7.87. The van der Waals surface area contributed by atoms with Crippen molar-refractivity contribution in [3.63, 3.8) is 0 Å². The predicted molar refractivity (Wildman–Crippen MR) is 202 cm³/mol. The van der Waals surface area contributed by atoms with Gasteiger partial charge in [0, 0.05) is 24.2 Å². The Morgan fingerprint density at radius 2 is 1.65 bits per heavy atom. The number of nitrogens with two attached hydrogens (primary N) is 1. The number of amides is 1. The van der Waals surface area contributed by atoms with Gasteiger partial charge in [0.1, 0.15) is 39.6 Å². The van der Waals surface area contributed by atoms with Crippen LogP contribution in [-0.4, -0.2) is 52.8 Å². The Morgan fingerprint density at radius 3 is 2.33 bits per heavy atom. The molecule has 3 aromatic carbocycles. The van der Waals surface area contributed by atoms with E-state index in [1.807, 2.05) is 12.1 Å². The average molecular weight is 751 g/mol. The van der Waals surface area contributed by atoms with Crippen LogP contribution in [0.1, 0.15) is 35.0 Å². The summed E-state index contributed by atoms with van der Waals surface area (Å²) >= 11 is 0. The normalized spacial score (nSPS) is 12.5. The van der Waals surface area contributed by atoms with Crippen LogP contribution in [0.5, 0.6) is 17.2 Å². The van der Waals surface area contributed by atoms with E-state index < -0.39 is 33.6 Å². The van der Waals surface area contributed by atoms with Crippen LogP contribution in [0, 0.1) is 19.8 Å². The van der Waals surface area contributed by atoms with Crippen molar-refractivity contribution in [1.82, 2.24) is 19.3 Å². The van der Waals surface area contributed by atoms with Gasteiger partial charge in [0.25, 0.3) is 11.5 Å². The number of hydrogen-bond acceptors (Lipinski definition) is 11.